The molecule has 0 saturated heterocycles. The lowest BCUT2D eigenvalue weighted by Gasteiger charge is -2.00. The molecule has 1 heterocycles. The second-order valence-corrected chi connectivity index (χ2v) is 4.02. The van der Waals surface area contributed by atoms with Crippen LogP contribution in [0.15, 0.2) is 29.6 Å². The molecule has 0 fully saturated rings. The first kappa shape index (κ1) is 10.6. The lowest BCUT2D eigenvalue weighted by molar-refractivity contribution is 0.103. The minimum absolute atomic E-state index is 0.129. The molecule has 0 bridgehead atoms. The number of hydrogen-bond acceptors (Lipinski definition) is 5. The van der Waals surface area contributed by atoms with Crippen molar-refractivity contribution in [3.8, 4) is 5.75 Å². The molecule has 4 nitrogen and oxygen atoms in total. The lowest BCUT2D eigenvalue weighted by atomic mass is 10.1. The fraction of sp³-hybridized carbons (Fsp3) is 0.0909. The van der Waals surface area contributed by atoms with Crippen LogP contribution in [0.3, 0.4) is 0 Å². The molecule has 1 aromatic heterocycles. The maximum Gasteiger partial charge on any atom is 0.212 e. The van der Waals surface area contributed by atoms with Gasteiger partial charge in [-0.05, 0) is 24.3 Å². The van der Waals surface area contributed by atoms with Crippen LogP contribution in [0.5, 0.6) is 5.75 Å². The van der Waals surface area contributed by atoms with Crippen molar-refractivity contribution in [2.75, 3.05) is 12.8 Å². The Balaban J connectivity index is 2.27. The van der Waals surface area contributed by atoms with Crippen molar-refractivity contribution in [2.24, 2.45) is 0 Å². The Bertz CT molecular complexity index is 505. The molecule has 16 heavy (non-hydrogen) atoms. The number of anilines is 1. The van der Waals surface area contributed by atoms with Crippen LogP contribution in [0.25, 0.3) is 0 Å². The number of rotatable bonds is 3. The van der Waals surface area contributed by atoms with Gasteiger partial charge in [0, 0.05) is 10.9 Å². The van der Waals surface area contributed by atoms with Crippen LogP contribution in [-0.2, 0) is 0 Å². The third-order valence-electron chi connectivity index (χ3n) is 2.11. The van der Waals surface area contributed by atoms with Gasteiger partial charge in [0.15, 0.2) is 5.13 Å². The molecular formula is C11H10N2O2S. The molecular weight excluding hydrogens is 224 g/mol. The first-order chi connectivity index (χ1) is 7.70. The van der Waals surface area contributed by atoms with Gasteiger partial charge in [-0.2, -0.15) is 0 Å². The first-order valence-corrected chi connectivity index (χ1v) is 5.48. The standard InChI is InChI=1S/C11H10N2O2S/c1-15-8-4-2-7(3-5-8)10(14)9-6-16-11(12)13-9/h2-6H,1H3,(H2,12,13). The van der Waals surface area contributed by atoms with E-state index in [2.05, 4.69) is 4.98 Å². The maximum absolute atomic E-state index is 11.9. The predicted octanol–water partition coefficient (Wildman–Crippen LogP) is 1.96. The highest BCUT2D eigenvalue weighted by atomic mass is 32.1. The Labute approximate surface area is 96.7 Å². The van der Waals surface area contributed by atoms with Gasteiger partial charge in [0.1, 0.15) is 11.4 Å². The van der Waals surface area contributed by atoms with Crippen molar-refractivity contribution in [1.29, 1.82) is 0 Å². The van der Waals surface area contributed by atoms with Crippen LogP contribution < -0.4 is 10.5 Å². The number of nitrogens with two attached hydrogens (primary N) is 1. The van der Waals surface area contributed by atoms with E-state index in [1.54, 1.807) is 36.8 Å². The van der Waals surface area contributed by atoms with Gasteiger partial charge in [0.05, 0.1) is 7.11 Å². The number of carbonyl (C=O) groups is 1. The molecule has 0 radical (unpaired) electrons. The van der Waals surface area contributed by atoms with Crippen molar-refractivity contribution in [2.45, 2.75) is 0 Å². The molecule has 82 valence electrons. The van der Waals surface area contributed by atoms with E-state index >= 15 is 0 Å². The summed E-state index contributed by atoms with van der Waals surface area (Å²) in [6, 6.07) is 6.89. The third kappa shape index (κ3) is 2.04. The smallest absolute Gasteiger partial charge is 0.212 e. The van der Waals surface area contributed by atoms with Crippen molar-refractivity contribution < 1.29 is 9.53 Å². The number of nitrogen functional groups attached to an aromatic ring is 1. The molecule has 0 aliphatic heterocycles. The second-order valence-electron chi connectivity index (χ2n) is 3.13. The van der Waals surface area contributed by atoms with Crippen LogP contribution >= 0.6 is 11.3 Å². The van der Waals surface area contributed by atoms with E-state index in [1.165, 1.54) is 11.3 Å². The summed E-state index contributed by atoms with van der Waals surface area (Å²) in [5, 5.41) is 2.05. The molecule has 0 atom stereocenters. The van der Waals surface area contributed by atoms with Gasteiger partial charge >= 0.3 is 0 Å². The number of aromatic nitrogens is 1. The Hall–Kier alpha value is -1.88. The number of benzene rings is 1. The molecule has 0 aliphatic rings. The highest BCUT2D eigenvalue weighted by Gasteiger charge is 2.12. The van der Waals surface area contributed by atoms with Crippen molar-refractivity contribution in [3.63, 3.8) is 0 Å². The normalized spacial score (nSPS) is 10.1. The summed E-state index contributed by atoms with van der Waals surface area (Å²) in [5.41, 5.74) is 6.43. The maximum atomic E-state index is 11.9. The molecule has 1 aromatic carbocycles. The largest absolute Gasteiger partial charge is 0.497 e. The summed E-state index contributed by atoms with van der Waals surface area (Å²) in [5.74, 6) is 0.588. The lowest BCUT2D eigenvalue weighted by Crippen LogP contribution is -2.01. The average molecular weight is 234 g/mol. The van der Waals surface area contributed by atoms with Gasteiger partial charge in [0.2, 0.25) is 5.78 Å². The summed E-state index contributed by atoms with van der Waals surface area (Å²) < 4.78 is 5.01. The summed E-state index contributed by atoms with van der Waals surface area (Å²) in [6.07, 6.45) is 0. The average Bonchev–Trinajstić information content (AvgIpc) is 2.75. The van der Waals surface area contributed by atoms with E-state index < -0.39 is 0 Å². The van der Waals surface area contributed by atoms with E-state index in [0.29, 0.717) is 22.1 Å². The van der Waals surface area contributed by atoms with Crippen molar-refractivity contribution in [1.82, 2.24) is 4.98 Å². The Kier molecular flexibility index (Phi) is 2.87. The van der Waals surface area contributed by atoms with Crippen LogP contribution in [-0.4, -0.2) is 17.9 Å². The summed E-state index contributed by atoms with van der Waals surface area (Å²) in [4.78, 5) is 15.9. The zero-order chi connectivity index (χ0) is 11.5. The third-order valence-corrected chi connectivity index (χ3v) is 2.78. The number of carbonyl (C=O) groups excluding carboxylic acids is 1. The highest BCUT2D eigenvalue weighted by molar-refractivity contribution is 7.13. The highest BCUT2D eigenvalue weighted by Crippen LogP contribution is 2.17. The Morgan fingerprint density at radius 3 is 2.56 bits per heavy atom. The minimum atomic E-state index is -0.129. The summed E-state index contributed by atoms with van der Waals surface area (Å²) >= 11 is 1.26. The molecule has 2 aromatic rings. The molecule has 0 amide bonds. The Morgan fingerprint density at radius 2 is 2.06 bits per heavy atom. The van der Waals surface area contributed by atoms with Crippen LogP contribution in [0.2, 0.25) is 0 Å². The number of hydrogen-bond donors (Lipinski definition) is 1. The van der Waals surface area contributed by atoms with Gasteiger partial charge < -0.3 is 10.5 Å². The van der Waals surface area contributed by atoms with E-state index in [4.69, 9.17) is 10.5 Å². The van der Waals surface area contributed by atoms with Crippen LogP contribution in [0, 0.1) is 0 Å². The Morgan fingerprint density at radius 1 is 1.38 bits per heavy atom. The van der Waals surface area contributed by atoms with E-state index in [1.807, 2.05) is 0 Å². The van der Waals surface area contributed by atoms with Crippen LogP contribution in [0.1, 0.15) is 16.1 Å². The number of methoxy groups -OCH3 is 1. The molecule has 5 heteroatoms. The molecule has 2 N–H and O–H groups in total. The van der Waals surface area contributed by atoms with Crippen molar-refractivity contribution >= 4 is 22.3 Å². The number of ketones is 1. The SMILES string of the molecule is COc1ccc(C(=O)c2csc(N)n2)cc1. The molecule has 0 spiro atoms. The number of thiazole rings is 1. The van der Waals surface area contributed by atoms with Crippen LogP contribution in [0.4, 0.5) is 5.13 Å². The van der Waals surface area contributed by atoms with Gasteiger partial charge in [0.25, 0.3) is 0 Å². The summed E-state index contributed by atoms with van der Waals surface area (Å²) in [7, 11) is 1.58. The van der Waals surface area contributed by atoms with E-state index in [9.17, 15) is 4.79 Å². The zero-order valence-corrected chi connectivity index (χ0v) is 9.45. The fourth-order valence-electron chi connectivity index (χ4n) is 1.28. The number of nitrogens with zero attached hydrogens (tertiary/aromatic N) is 1. The predicted molar refractivity (Wildman–Crippen MR) is 63.0 cm³/mol. The topological polar surface area (TPSA) is 65.2 Å². The molecule has 0 unspecified atom stereocenters. The second kappa shape index (κ2) is 4.32. The molecule has 0 aliphatic carbocycles. The molecule has 0 saturated carbocycles. The molecule has 2 rings (SSSR count). The number of ether oxygens (including phenoxy) is 1. The quantitative estimate of drug-likeness (QED) is 0.824. The van der Waals surface area contributed by atoms with E-state index in [-0.39, 0.29) is 5.78 Å². The van der Waals surface area contributed by atoms with Gasteiger partial charge in [-0.25, -0.2) is 4.98 Å². The zero-order valence-electron chi connectivity index (χ0n) is 8.64. The van der Waals surface area contributed by atoms with Gasteiger partial charge in [-0.3, -0.25) is 4.79 Å². The monoisotopic (exact) mass is 234 g/mol. The fourth-order valence-corrected chi connectivity index (χ4v) is 1.83. The van der Waals surface area contributed by atoms with E-state index in [0.717, 1.165) is 0 Å². The first-order valence-electron chi connectivity index (χ1n) is 4.60. The summed E-state index contributed by atoms with van der Waals surface area (Å²) in [6.45, 7) is 0. The van der Waals surface area contributed by atoms with Crippen molar-refractivity contribution in [3.05, 3.63) is 40.9 Å². The van der Waals surface area contributed by atoms with Gasteiger partial charge in [-0.15, -0.1) is 11.3 Å². The van der Waals surface area contributed by atoms with Gasteiger partial charge in [-0.1, -0.05) is 0 Å². The minimum Gasteiger partial charge on any atom is -0.497 e.